The van der Waals surface area contributed by atoms with Crippen molar-refractivity contribution in [1.29, 1.82) is 0 Å². The van der Waals surface area contributed by atoms with Gasteiger partial charge in [-0.15, -0.1) is 0 Å². The highest BCUT2D eigenvalue weighted by Gasteiger charge is 2.29. The number of anilines is 2. The normalized spacial score (nSPS) is 12.2. The van der Waals surface area contributed by atoms with Crippen LogP contribution in [-0.2, 0) is 14.8 Å². The average molecular weight is 378 g/mol. The van der Waals surface area contributed by atoms with Gasteiger partial charge in [0.1, 0.15) is 17.5 Å². The number of rotatable bonds is 7. The van der Waals surface area contributed by atoms with Gasteiger partial charge in [0.05, 0.1) is 26.2 Å². The summed E-state index contributed by atoms with van der Waals surface area (Å²) in [5.41, 5.74) is 0.862. The van der Waals surface area contributed by atoms with Crippen LogP contribution in [0.3, 0.4) is 0 Å². The predicted molar refractivity (Wildman–Crippen MR) is 101 cm³/mol. The molecule has 2 aromatic carbocycles. The van der Waals surface area contributed by atoms with Crippen molar-refractivity contribution < 1.29 is 22.7 Å². The molecule has 0 aliphatic rings. The van der Waals surface area contributed by atoms with Gasteiger partial charge in [0.2, 0.25) is 15.9 Å². The fraction of sp³-hybridized carbons (Fsp3) is 0.278. The largest absolute Gasteiger partial charge is 0.497 e. The van der Waals surface area contributed by atoms with Crippen molar-refractivity contribution in [2.24, 2.45) is 0 Å². The molecule has 0 radical (unpaired) electrons. The van der Waals surface area contributed by atoms with Crippen LogP contribution in [0.4, 0.5) is 11.4 Å². The van der Waals surface area contributed by atoms with Gasteiger partial charge in [-0.1, -0.05) is 12.1 Å². The van der Waals surface area contributed by atoms with Crippen molar-refractivity contribution in [1.82, 2.24) is 0 Å². The molecule has 1 atom stereocenters. The maximum atomic E-state index is 12.6. The molecule has 26 heavy (non-hydrogen) atoms. The van der Waals surface area contributed by atoms with E-state index in [9.17, 15) is 13.2 Å². The molecule has 0 aliphatic heterocycles. The van der Waals surface area contributed by atoms with Crippen LogP contribution in [0.5, 0.6) is 11.5 Å². The second-order valence-corrected chi connectivity index (χ2v) is 7.52. The lowest BCUT2D eigenvalue weighted by atomic mass is 10.2. The summed E-state index contributed by atoms with van der Waals surface area (Å²) in [6.45, 7) is 1.52. The number of amides is 1. The Balaban J connectivity index is 2.31. The number of methoxy groups -OCH3 is 2. The first-order valence-electron chi connectivity index (χ1n) is 7.84. The van der Waals surface area contributed by atoms with Crippen molar-refractivity contribution in [2.75, 3.05) is 30.1 Å². The summed E-state index contributed by atoms with van der Waals surface area (Å²) >= 11 is 0. The van der Waals surface area contributed by atoms with E-state index in [-0.39, 0.29) is 0 Å². The van der Waals surface area contributed by atoms with E-state index in [4.69, 9.17) is 9.47 Å². The molecule has 8 heteroatoms. The first kappa shape index (κ1) is 19.6. The van der Waals surface area contributed by atoms with Gasteiger partial charge in [-0.2, -0.15) is 0 Å². The van der Waals surface area contributed by atoms with Crippen LogP contribution in [-0.4, -0.2) is 40.8 Å². The number of benzene rings is 2. The number of sulfonamides is 1. The summed E-state index contributed by atoms with van der Waals surface area (Å²) in [6, 6.07) is 12.4. The fourth-order valence-corrected chi connectivity index (χ4v) is 3.67. The Hall–Kier alpha value is -2.74. The van der Waals surface area contributed by atoms with Crippen LogP contribution in [0, 0.1) is 0 Å². The van der Waals surface area contributed by atoms with Crippen LogP contribution >= 0.6 is 0 Å². The first-order valence-corrected chi connectivity index (χ1v) is 9.69. The van der Waals surface area contributed by atoms with Crippen molar-refractivity contribution >= 4 is 27.3 Å². The molecule has 140 valence electrons. The number of nitrogens with zero attached hydrogens (tertiary/aromatic N) is 1. The summed E-state index contributed by atoms with van der Waals surface area (Å²) < 4.78 is 36.0. The lowest BCUT2D eigenvalue weighted by molar-refractivity contribution is -0.116. The molecular formula is C18H22N2O5S. The van der Waals surface area contributed by atoms with Gasteiger partial charge in [0, 0.05) is 17.8 Å². The maximum absolute atomic E-state index is 12.6. The maximum Gasteiger partial charge on any atom is 0.247 e. The van der Waals surface area contributed by atoms with Crippen molar-refractivity contribution in [3.8, 4) is 11.5 Å². The van der Waals surface area contributed by atoms with Crippen molar-refractivity contribution in [3.63, 3.8) is 0 Å². The molecule has 0 bridgehead atoms. The van der Waals surface area contributed by atoms with E-state index in [1.54, 1.807) is 48.5 Å². The van der Waals surface area contributed by atoms with E-state index in [0.717, 1.165) is 10.6 Å². The van der Waals surface area contributed by atoms with E-state index in [1.807, 2.05) is 0 Å². The Kier molecular flexibility index (Phi) is 6.10. The molecule has 0 aliphatic carbocycles. The topological polar surface area (TPSA) is 84.9 Å². The highest BCUT2D eigenvalue weighted by molar-refractivity contribution is 7.92. The van der Waals surface area contributed by atoms with Crippen LogP contribution in [0.15, 0.2) is 48.5 Å². The standard InChI is InChI=1S/C18H22N2O5S/c1-13(18(21)19-14-7-5-9-16(11-14)24-2)20(26(4,22)23)15-8-6-10-17(12-15)25-3/h5-13H,1-4H3,(H,19,21)/t13-/m1/s1. The molecule has 0 saturated heterocycles. The summed E-state index contributed by atoms with van der Waals surface area (Å²) in [6.07, 6.45) is 1.06. The predicted octanol–water partition coefficient (Wildman–Crippen LogP) is 2.50. The Bertz CT molecular complexity index is 883. The molecule has 7 nitrogen and oxygen atoms in total. The minimum Gasteiger partial charge on any atom is -0.497 e. The zero-order chi connectivity index (χ0) is 19.3. The van der Waals surface area contributed by atoms with Crippen LogP contribution < -0.4 is 19.1 Å². The van der Waals surface area contributed by atoms with E-state index in [0.29, 0.717) is 22.9 Å². The summed E-state index contributed by atoms with van der Waals surface area (Å²) in [5.74, 6) is 0.617. The molecule has 0 spiro atoms. The van der Waals surface area contributed by atoms with Gasteiger partial charge >= 0.3 is 0 Å². The van der Waals surface area contributed by atoms with Crippen LogP contribution in [0.2, 0.25) is 0 Å². The molecular weight excluding hydrogens is 356 g/mol. The minimum absolute atomic E-state index is 0.347. The highest BCUT2D eigenvalue weighted by Crippen LogP contribution is 2.26. The summed E-state index contributed by atoms with van der Waals surface area (Å²) in [5, 5.41) is 2.71. The van der Waals surface area contributed by atoms with E-state index < -0.39 is 22.0 Å². The number of carbonyl (C=O) groups excluding carboxylic acids is 1. The van der Waals surface area contributed by atoms with Gasteiger partial charge in [-0.3, -0.25) is 9.10 Å². The second-order valence-electron chi connectivity index (χ2n) is 5.66. The number of nitrogens with one attached hydrogen (secondary N) is 1. The van der Waals surface area contributed by atoms with E-state index in [2.05, 4.69) is 5.32 Å². The molecule has 2 aromatic rings. The molecule has 0 heterocycles. The molecule has 0 aromatic heterocycles. The van der Waals surface area contributed by atoms with Crippen LogP contribution in [0.1, 0.15) is 6.92 Å². The number of hydrogen-bond donors (Lipinski definition) is 1. The summed E-state index contributed by atoms with van der Waals surface area (Å²) in [7, 11) is -0.686. The zero-order valence-electron chi connectivity index (χ0n) is 15.1. The Morgan fingerprint density at radius 3 is 2.19 bits per heavy atom. The minimum atomic E-state index is -3.70. The SMILES string of the molecule is COc1cccc(NC(=O)[C@@H](C)N(c2cccc(OC)c2)S(C)(=O)=O)c1. The van der Waals surface area contributed by atoms with Gasteiger partial charge < -0.3 is 14.8 Å². The Morgan fingerprint density at radius 2 is 1.62 bits per heavy atom. The zero-order valence-corrected chi connectivity index (χ0v) is 15.9. The number of ether oxygens (including phenoxy) is 2. The first-order chi connectivity index (χ1) is 12.3. The van der Waals surface area contributed by atoms with Crippen molar-refractivity contribution in [3.05, 3.63) is 48.5 Å². The van der Waals surface area contributed by atoms with Crippen molar-refractivity contribution in [2.45, 2.75) is 13.0 Å². The van der Waals surface area contributed by atoms with Gasteiger partial charge in [-0.25, -0.2) is 8.42 Å². The smallest absolute Gasteiger partial charge is 0.247 e. The third-order valence-electron chi connectivity index (χ3n) is 3.73. The lowest BCUT2D eigenvalue weighted by Crippen LogP contribution is -2.45. The molecule has 0 unspecified atom stereocenters. The van der Waals surface area contributed by atoms with Gasteiger partial charge in [-0.05, 0) is 31.2 Å². The van der Waals surface area contributed by atoms with Gasteiger partial charge in [0.15, 0.2) is 0 Å². The van der Waals surface area contributed by atoms with Gasteiger partial charge in [0.25, 0.3) is 0 Å². The monoisotopic (exact) mass is 378 g/mol. The molecule has 1 N–H and O–H groups in total. The lowest BCUT2D eigenvalue weighted by Gasteiger charge is -2.28. The number of carbonyl (C=O) groups is 1. The molecule has 0 fully saturated rings. The molecule has 1 amide bonds. The van der Waals surface area contributed by atoms with Crippen LogP contribution in [0.25, 0.3) is 0 Å². The molecule has 2 rings (SSSR count). The van der Waals surface area contributed by atoms with E-state index in [1.165, 1.54) is 21.1 Å². The Labute approximate surface area is 153 Å². The number of hydrogen-bond acceptors (Lipinski definition) is 5. The fourth-order valence-electron chi connectivity index (χ4n) is 2.50. The second kappa shape index (κ2) is 8.09. The average Bonchev–Trinajstić information content (AvgIpc) is 2.61. The van der Waals surface area contributed by atoms with E-state index >= 15 is 0 Å². The third-order valence-corrected chi connectivity index (χ3v) is 4.98. The highest BCUT2D eigenvalue weighted by atomic mass is 32.2. The molecule has 0 saturated carbocycles. The summed E-state index contributed by atoms with van der Waals surface area (Å²) in [4.78, 5) is 12.6. The Morgan fingerprint density at radius 1 is 1.04 bits per heavy atom. The quantitative estimate of drug-likeness (QED) is 0.800. The third kappa shape index (κ3) is 4.66.